The van der Waals surface area contributed by atoms with E-state index in [1.165, 1.54) is 0 Å². The zero-order valence-electron chi connectivity index (χ0n) is 16.1. The Morgan fingerprint density at radius 2 is 1.84 bits per heavy atom. The normalized spacial score (nSPS) is 12.4. The van der Waals surface area contributed by atoms with Gasteiger partial charge in [-0.15, -0.1) is 24.0 Å². The first-order valence-corrected chi connectivity index (χ1v) is 8.36. The molecule has 0 aromatic heterocycles. The van der Waals surface area contributed by atoms with Gasteiger partial charge in [0.1, 0.15) is 0 Å². The van der Waals surface area contributed by atoms with E-state index in [0.717, 1.165) is 25.3 Å². The molecule has 0 saturated carbocycles. The number of benzene rings is 1. The lowest BCUT2D eigenvalue weighted by molar-refractivity contribution is 0.0258. The van der Waals surface area contributed by atoms with Gasteiger partial charge in [-0.3, -0.25) is 4.99 Å². The van der Waals surface area contributed by atoms with Crippen molar-refractivity contribution in [2.75, 3.05) is 39.7 Å². The molecule has 1 rings (SSSR count). The number of halogens is 1. The van der Waals surface area contributed by atoms with Crippen LogP contribution in [0.5, 0.6) is 11.5 Å². The molecule has 1 unspecified atom stereocenters. The van der Waals surface area contributed by atoms with E-state index in [2.05, 4.69) is 29.5 Å². The van der Waals surface area contributed by atoms with Crippen LogP contribution >= 0.6 is 24.0 Å². The van der Waals surface area contributed by atoms with Crippen molar-refractivity contribution in [3.05, 3.63) is 18.2 Å². The van der Waals surface area contributed by atoms with Gasteiger partial charge in [-0.05, 0) is 31.4 Å². The van der Waals surface area contributed by atoms with E-state index in [0.29, 0.717) is 23.4 Å². The fourth-order valence-corrected chi connectivity index (χ4v) is 2.39. The minimum atomic E-state index is 0. The van der Waals surface area contributed by atoms with Gasteiger partial charge >= 0.3 is 0 Å². The van der Waals surface area contributed by atoms with Gasteiger partial charge in [-0.2, -0.15) is 0 Å². The second kappa shape index (κ2) is 13.0. The number of nitrogens with one attached hydrogen (secondary N) is 2. The Morgan fingerprint density at radius 3 is 2.36 bits per heavy atom. The van der Waals surface area contributed by atoms with E-state index < -0.39 is 0 Å². The minimum Gasteiger partial charge on any atom is -0.493 e. The van der Waals surface area contributed by atoms with E-state index in [-0.39, 0.29) is 30.1 Å². The molecule has 144 valence electrons. The second-order valence-electron chi connectivity index (χ2n) is 5.72. The van der Waals surface area contributed by atoms with Gasteiger partial charge in [-0.25, -0.2) is 0 Å². The first-order chi connectivity index (χ1) is 11.5. The maximum Gasteiger partial charge on any atom is 0.195 e. The highest BCUT2D eigenvalue weighted by Gasteiger charge is 2.13. The minimum absolute atomic E-state index is 0. The number of ether oxygens (including phenoxy) is 3. The molecule has 6 nitrogen and oxygen atoms in total. The van der Waals surface area contributed by atoms with E-state index in [4.69, 9.17) is 14.2 Å². The number of rotatable bonds is 9. The molecule has 7 heteroatoms. The molecule has 0 aliphatic heterocycles. The summed E-state index contributed by atoms with van der Waals surface area (Å²) in [5.41, 5.74) is 0.881. The lowest BCUT2D eigenvalue weighted by Gasteiger charge is -2.21. The molecule has 0 radical (unpaired) electrons. The van der Waals surface area contributed by atoms with Crippen LogP contribution in [0.1, 0.15) is 27.2 Å². The topological polar surface area (TPSA) is 64.1 Å². The lowest BCUT2D eigenvalue weighted by atomic mass is 10.0. The average molecular weight is 465 g/mol. The van der Waals surface area contributed by atoms with Gasteiger partial charge in [0.2, 0.25) is 0 Å². The van der Waals surface area contributed by atoms with Crippen LogP contribution in [0.25, 0.3) is 0 Å². The number of anilines is 1. The van der Waals surface area contributed by atoms with Gasteiger partial charge in [0.05, 0.1) is 20.3 Å². The summed E-state index contributed by atoms with van der Waals surface area (Å²) in [6.07, 6.45) is 1.18. The molecule has 0 fully saturated rings. The number of nitrogens with zero attached hydrogens (tertiary/aromatic N) is 1. The van der Waals surface area contributed by atoms with Crippen molar-refractivity contribution in [2.24, 2.45) is 10.9 Å². The molecule has 0 aliphatic carbocycles. The molecule has 1 aromatic carbocycles. The summed E-state index contributed by atoms with van der Waals surface area (Å²) in [5, 5.41) is 6.57. The summed E-state index contributed by atoms with van der Waals surface area (Å²) >= 11 is 0. The summed E-state index contributed by atoms with van der Waals surface area (Å²) < 4.78 is 16.3. The third-order valence-corrected chi connectivity index (χ3v) is 3.72. The third kappa shape index (κ3) is 8.13. The zero-order chi connectivity index (χ0) is 17.9. The molecule has 1 atom stereocenters. The lowest BCUT2D eigenvalue weighted by Crippen LogP contribution is -2.34. The summed E-state index contributed by atoms with van der Waals surface area (Å²) in [6, 6.07) is 5.66. The van der Waals surface area contributed by atoms with Crippen LogP contribution in [0.3, 0.4) is 0 Å². The summed E-state index contributed by atoms with van der Waals surface area (Å²) in [5.74, 6) is 2.57. The quantitative estimate of drug-likeness (QED) is 0.331. The number of guanidine groups is 1. The van der Waals surface area contributed by atoms with Crippen molar-refractivity contribution < 1.29 is 14.2 Å². The molecule has 0 amide bonds. The van der Waals surface area contributed by atoms with E-state index >= 15 is 0 Å². The number of methoxy groups -OCH3 is 2. The van der Waals surface area contributed by atoms with Crippen molar-refractivity contribution >= 4 is 35.6 Å². The third-order valence-electron chi connectivity index (χ3n) is 3.72. The standard InChI is InChI=1S/C18H31N3O3.HI/c1-7-24-15(13(2)3)10-11-20-18(19-4)21-14-8-9-16(22-5)17(12-14)23-6;/h8-9,12-13,15H,7,10-11H2,1-6H3,(H2,19,20,21);1H. The van der Waals surface area contributed by atoms with Crippen LogP contribution in [-0.4, -0.2) is 46.5 Å². The van der Waals surface area contributed by atoms with Gasteiger partial charge < -0.3 is 24.8 Å². The molecule has 1 aromatic rings. The maximum atomic E-state index is 5.76. The van der Waals surface area contributed by atoms with E-state index in [9.17, 15) is 0 Å². The smallest absolute Gasteiger partial charge is 0.195 e. The first-order valence-electron chi connectivity index (χ1n) is 8.36. The molecular formula is C18H32IN3O3. The molecule has 0 bridgehead atoms. The zero-order valence-corrected chi connectivity index (χ0v) is 18.4. The van der Waals surface area contributed by atoms with Crippen LogP contribution < -0.4 is 20.1 Å². The summed E-state index contributed by atoms with van der Waals surface area (Å²) in [4.78, 5) is 4.25. The Labute approximate surface area is 168 Å². The van der Waals surface area contributed by atoms with Crippen LogP contribution in [0.15, 0.2) is 23.2 Å². The molecule has 0 spiro atoms. The highest BCUT2D eigenvalue weighted by atomic mass is 127. The molecule has 0 saturated heterocycles. The molecular weight excluding hydrogens is 433 g/mol. The van der Waals surface area contributed by atoms with Crippen molar-refractivity contribution in [2.45, 2.75) is 33.3 Å². The molecule has 0 aliphatic rings. The van der Waals surface area contributed by atoms with Crippen LogP contribution in [0.2, 0.25) is 0 Å². The van der Waals surface area contributed by atoms with Gasteiger partial charge in [0.25, 0.3) is 0 Å². The Kier molecular flexibility index (Phi) is 12.4. The number of aliphatic imine (C=N–C) groups is 1. The number of hydrogen-bond acceptors (Lipinski definition) is 4. The van der Waals surface area contributed by atoms with E-state index in [1.54, 1.807) is 21.3 Å². The first kappa shape index (κ1) is 23.8. The van der Waals surface area contributed by atoms with Gasteiger partial charge in [-0.1, -0.05) is 13.8 Å². The highest BCUT2D eigenvalue weighted by Crippen LogP contribution is 2.29. The predicted molar refractivity (Wildman–Crippen MR) is 115 cm³/mol. The van der Waals surface area contributed by atoms with Gasteiger partial charge in [0, 0.05) is 32.0 Å². The second-order valence-corrected chi connectivity index (χ2v) is 5.72. The fourth-order valence-electron chi connectivity index (χ4n) is 2.39. The van der Waals surface area contributed by atoms with Crippen molar-refractivity contribution in [3.8, 4) is 11.5 Å². The predicted octanol–water partition coefficient (Wildman–Crippen LogP) is 3.76. The van der Waals surface area contributed by atoms with Crippen LogP contribution in [0.4, 0.5) is 5.69 Å². The van der Waals surface area contributed by atoms with Crippen molar-refractivity contribution in [1.82, 2.24) is 5.32 Å². The Bertz CT molecular complexity index is 524. The Hall–Kier alpha value is -1.22. The van der Waals surface area contributed by atoms with E-state index in [1.807, 2.05) is 25.1 Å². The summed E-state index contributed by atoms with van der Waals surface area (Å²) in [7, 11) is 4.99. The average Bonchev–Trinajstić information content (AvgIpc) is 2.59. The Morgan fingerprint density at radius 1 is 1.16 bits per heavy atom. The largest absolute Gasteiger partial charge is 0.493 e. The van der Waals surface area contributed by atoms with Crippen LogP contribution in [-0.2, 0) is 4.74 Å². The Balaban J connectivity index is 0.00000576. The summed E-state index contributed by atoms with van der Waals surface area (Å²) in [6.45, 7) is 7.91. The van der Waals surface area contributed by atoms with Crippen LogP contribution in [0, 0.1) is 5.92 Å². The number of hydrogen-bond donors (Lipinski definition) is 2. The molecule has 0 heterocycles. The molecule has 25 heavy (non-hydrogen) atoms. The van der Waals surface area contributed by atoms with Crippen molar-refractivity contribution in [3.63, 3.8) is 0 Å². The fraction of sp³-hybridized carbons (Fsp3) is 0.611. The van der Waals surface area contributed by atoms with Gasteiger partial charge in [0.15, 0.2) is 17.5 Å². The SMILES string of the molecule is CCOC(CCNC(=NC)Nc1ccc(OC)c(OC)c1)C(C)C.I. The molecule has 2 N–H and O–H groups in total. The maximum absolute atomic E-state index is 5.76. The monoisotopic (exact) mass is 465 g/mol. The van der Waals surface area contributed by atoms with Crippen molar-refractivity contribution in [1.29, 1.82) is 0 Å². The highest BCUT2D eigenvalue weighted by molar-refractivity contribution is 14.0.